The van der Waals surface area contributed by atoms with Gasteiger partial charge in [0.25, 0.3) is 0 Å². The zero-order chi connectivity index (χ0) is 29.1. The summed E-state index contributed by atoms with van der Waals surface area (Å²) in [5, 5.41) is 5.81. The Hall–Kier alpha value is -3.56. The molecule has 216 valence electrons. The third kappa shape index (κ3) is 9.88. The fourth-order valence-electron chi connectivity index (χ4n) is 4.73. The van der Waals surface area contributed by atoms with Crippen LogP contribution in [0, 0.1) is 0 Å². The molecule has 2 aromatic rings. The highest BCUT2D eigenvalue weighted by Gasteiger charge is 2.34. The van der Waals surface area contributed by atoms with Gasteiger partial charge < -0.3 is 30.8 Å². The molecule has 1 saturated heterocycles. The summed E-state index contributed by atoms with van der Waals surface area (Å²) in [7, 11) is 0. The van der Waals surface area contributed by atoms with Crippen LogP contribution in [0.3, 0.4) is 0 Å². The summed E-state index contributed by atoms with van der Waals surface area (Å²) in [4.78, 5) is 52.9. The zero-order valence-corrected chi connectivity index (χ0v) is 23.7. The summed E-state index contributed by atoms with van der Waals surface area (Å²) < 4.78 is 5.66. The van der Waals surface area contributed by atoms with Crippen LogP contribution in [0.5, 0.6) is 0 Å². The fraction of sp³-hybridized carbons (Fsp3) is 0.484. The number of amides is 3. The Morgan fingerprint density at radius 3 is 2.17 bits per heavy atom. The highest BCUT2D eigenvalue weighted by molar-refractivity contribution is 5.90. The molecule has 9 heteroatoms. The van der Waals surface area contributed by atoms with Gasteiger partial charge in [0.1, 0.15) is 18.4 Å². The first-order valence-corrected chi connectivity index (χ1v) is 13.9. The lowest BCUT2D eigenvalue weighted by atomic mass is 10.0. The summed E-state index contributed by atoms with van der Waals surface area (Å²) >= 11 is 0. The largest absolute Gasteiger partial charge is 0.374 e. The van der Waals surface area contributed by atoms with Crippen LogP contribution in [0.15, 0.2) is 60.7 Å². The molecule has 3 rings (SSSR count). The summed E-state index contributed by atoms with van der Waals surface area (Å²) in [6, 6.07) is 16.2. The Balaban J connectivity index is 1.73. The van der Waals surface area contributed by atoms with Crippen molar-refractivity contribution in [2.45, 2.75) is 82.6 Å². The first-order valence-electron chi connectivity index (χ1n) is 13.9. The molecule has 0 unspecified atom stereocenters. The minimum atomic E-state index is -0.900. The molecule has 3 amide bonds. The van der Waals surface area contributed by atoms with E-state index in [-0.39, 0.29) is 31.3 Å². The van der Waals surface area contributed by atoms with Crippen molar-refractivity contribution in [1.82, 2.24) is 15.5 Å². The van der Waals surface area contributed by atoms with E-state index < -0.39 is 35.7 Å². The lowest BCUT2D eigenvalue weighted by Gasteiger charge is -2.28. The number of hydrogen-bond donors (Lipinski definition) is 3. The minimum absolute atomic E-state index is 0.0426. The summed E-state index contributed by atoms with van der Waals surface area (Å²) in [6.07, 6.45) is 2.80. The SMILES string of the molecule is CC(C)(C)OC[C@H](N)C(=O)N[C@H](CC(=O)N[C@@H](Cc1ccccc1)C(=O)N1CCC[C@H]1C=O)Cc1ccccc1. The van der Waals surface area contributed by atoms with E-state index in [2.05, 4.69) is 10.6 Å². The molecule has 0 radical (unpaired) electrons. The van der Waals surface area contributed by atoms with Crippen molar-refractivity contribution >= 4 is 24.0 Å². The van der Waals surface area contributed by atoms with Crippen LogP contribution in [-0.2, 0) is 36.8 Å². The predicted molar refractivity (Wildman–Crippen MR) is 153 cm³/mol. The second-order valence-electron chi connectivity index (χ2n) is 11.3. The monoisotopic (exact) mass is 550 g/mol. The molecular formula is C31H42N4O5. The number of aldehydes is 1. The van der Waals surface area contributed by atoms with Crippen LogP contribution in [0.2, 0.25) is 0 Å². The Morgan fingerprint density at radius 1 is 1.00 bits per heavy atom. The third-order valence-corrected chi connectivity index (χ3v) is 6.79. The topological polar surface area (TPSA) is 131 Å². The third-order valence-electron chi connectivity index (χ3n) is 6.79. The van der Waals surface area contributed by atoms with Crippen LogP contribution in [0.4, 0.5) is 0 Å². The first kappa shape index (κ1) is 31.0. The summed E-state index contributed by atoms with van der Waals surface area (Å²) in [6.45, 7) is 6.16. The van der Waals surface area contributed by atoms with Crippen molar-refractivity contribution in [2.75, 3.05) is 13.2 Å². The number of nitrogens with one attached hydrogen (secondary N) is 2. The maximum absolute atomic E-state index is 13.5. The molecule has 2 aromatic carbocycles. The van der Waals surface area contributed by atoms with Crippen molar-refractivity contribution in [3.8, 4) is 0 Å². The van der Waals surface area contributed by atoms with E-state index in [9.17, 15) is 19.2 Å². The molecular weight excluding hydrogens is 508 g/mol. The molecule has 1 aliphatic rings. The first-order chi connectivity index (χ1) is 19.1. The molecule has 0 bridgehead atoms. The average molecular weight is 551 g/mol. The molecule has 0 aliphatic carbocycles. The van der Waals surface area contributed by atoms with Crippen molar-refractivity contribution in [3.63, 3.8) is 0 Å². The summed E-state index contributed by atoms with van der Waals surface area (Å²) in [5.74, 6) is -1.07. The molecule has 1 aliphatic heterocycles. The Kier molecular flexibility index (Phi) is 11.4. The van der Waals surface area contributed by atoms with E-state index in [0.717, 1.165) is 23.8 Å². The highest BCUT2D eigenvalue weighted by Crippen LogP contribution is 2.18. The van der Waals surface area contributed by atoms with Gasteiger partial charge in [0, 0.05) is 25.4 Å². The lowest BCUT2D eigenvalue weighted by molar-refractivity contribution is -0.138. The molecule has 1 fully saturated rings. The molecule has 1 heterocycles. The van der Waals surface area contributed by atoms with Crippen molar-refractivity contribution in [1.29, 1.82) is 0 Å². The van der Waals surface area contributed by atoms with Gasteiger partial charge in [0.2, 0.25) is 17.7 Å². The second kappa shape index (κ2) is 14.7. The molecule has 0 saturated carbocycles. The van der Waals surface area contributed by atoms with Gasteiger partial charge >= 0.3 is 0 Å². The predicted octanol–water partition coefficient (Wildman–Crippen LogP) is 2.16. The number of likely N-dealkylation sites (tertiary alicyclic amines) is 1. The molecule has 4 N–H and O–H groups in total. The van der Waals surface area contributed by atoms with E-state index in [0.29, 0.717) is 19.4 Å². The number of carbonyl (C=O) groups is 4. The smallest absolute Gasteiger partial charge is 0.246 e. The second-order valence-corrected chi connectivity index (χ2v) is 11.3. The van der Waals surface area contributed by atoms with Crippen LogP contribution < -0.4 is 16.4 Å². The number of carbonyl (C=O) groups excluding carboxylic acids is 4. The average Bonchev–Trinajstić information content (AvgIpc) is 3.40. The lowest BCUT2D eigenvalue weighted by Crippen LogP contribution is -2.53. The van der Waals surface area contributed by atoms with Gasteiger partial charge in [-0.25, -0.2) is 0 Å². The van der Waals surface area contributed by atoms with Gasteiger partial charge in [-0.15, -0.1) is 0 Å². The van der Waals surface area contributed by atoms with Gasteiger partial charge in [-0.2, -0.15) is 0 Å². The van der Waals surface area contributed by atoms with Crippen LogP contribution in [0.1, 0.15) is 51.2 Å². The van der Waals surface area contributed by atoms with E-state index in [1.54, 1.807) is 4.90 Å². The minimum Gasteiger partial charge on any atom is -0.374 e. The van der Waals surface area contributed by atoms with Gasteiger partial charge in [-0.1, -0.05) is 60.7 Å². The van der Waals surface area contributed by atoms with Gasteiger partial charge in [0.15, 0.2) is 0 Å². The maximum atomic E-state index is 13.5. The van der Waals surface area contributed by atoms with Gasteiger partial charge in [-0.3, -0.25) is 14.4 Å². The fourth-order valence-corrected chi connectivity index (χ4v) is 4.73. The van der Waals surface area contributed by atoms with Gasteiger partial charge in [0.05, 0.1) is 18.2 Å². The van der Waals surface area contributed by atoms with Crippen molar-refractivity contribution < 1.29 is 23.9 Å². The van der Waals surface area contributed by atoms with Crippen LogP contribution >= 0.6 is 0 Å². The molecule has 9 nitrogen and oxygen atoms in total. The summed E-state index contributed by atoms with van der Waals surface area (Å²) in [5.41, 5.74) is 7.48. The van der Waals surface area contributed by atoms with Gasteiger partial charge in [-0.05, 0) is 51.2 Å². The maximum Gasteiger partial charge on any atom is 0.246 e. The van der Waals surface area contributed by atoms with Crippen molar-refractivity contribution in [2.24, 2.45) is 5.73 Å². The Bertz CT molecular complexity index is 1120. The Morgan fingerprint density at radius 2 is 1.60 bits per heavy atom. The molecule has 4 atom stereocenters. The van der Waals surface area contributed by atoms with E-state index in [1.165, 1.54) is 0 Å². The number of benzene rings is 2. The highest BCUT2D eigenvalue weighted by atomic mass is 16.5. The number of ether oxygens (including phenoxy) is 1. The zero-order valence-electron chi connectivity index (χ0n) is 23.7. The number of hydrogen-bond acceptors (Lipinski definition) is 6. The molecule has 0 aromatic heterocycles. The van der Waals surface area contributed by atoms with Crippen molar-refractivity contribution in [3.05, 3.63) is 71.8 Å². The van der Waals surface area contributed by atoms with E-state index >= 15 is 0 Å². The normalized spacial score (nSPS) is 17.5. The number of rotatable bonds is 13. The van der Waals surface area contributed by atoms with E-state index in [1.807, 2.05) is 81.4 Å². The van der Waals surface area contributed by atoms with Crippen LogP contribution in [0.25, 0.3) is 0 Å². The quantitative estimate of drug-likeness (QED) is 0.328. The van der Waals surface area contributed by atoms with Crippen LogP contribution in [-0.4, -0.2) is 71.8 Å². The number of nitrogens with two attached hydrogens (primary N) is 1. The standard InChI is InChI=1S/C31H42N4O5/c1-31(2,3)40-21-26(32)29(38)33-24(17-22-11-6-4-7-12-22)19-28(37)34-27(18-23-13-8-5-9-14-23)30(39)35-16-10-15-25(35)20-36/h4-9,11-14,20,24-27H,10,15-19,21,32H2,1-3H3,(H,33,38)(H,34,37)/t24-,25-,26-,27-/m0/s1. The molecule has 0 spiro atoms. The Labute approximate surface area is 236 Å². The van der Waals surface area contributed by atoms with E-state index in [4.69, 9.17) is 10.5 Å². The number of nitrogens with zero attached hydrogens (tertiary/aromatic N) is 1. The molecule has 40 heavy (non-hydrogen) atoms.